The van der Waals surface area contributed by atoms with E-state index in [0.29, 0.717) is 4.47 Å². The van der Waals surface area contributed by atoms with Crippen LogP contribution in [0.1, 0.15) is 44.0 Å². The standard InChI is InChI=1S/C9H13ClN2S/c1-9(5-3-2-4-6-9)7-11-12-8(10)13-7/h2-6H2,1H3. The van der Waals surface area contributed by atoms with Crippen molar-refractivity contribution in [1.82, 2.24) is 10.2 Å². The molecule has 0 atom stereocenters. The molecule has 1 heterocycles. The predicted octanol–water partition coefficient (Wildman–Crippen LogP) is 3.41. The summed E-state index contributed by atoms with van der Waals surface area (Å²) >= 11 is 7.32. The lowest BCUT2D eigenvalue weighted by molar-refractivity contribution is 0.317. The Balaban J connectivity index is 2.22. The van der Waals surface area contributed by atoms with Gasteiger partial charge in [0.15, 0.2) is 0 Å². The highest BCUT2D eigenvalue weighted by Gasteiger charge is 2.32. The highest BCUT2D eigenvalue weighted by molar-refractivity contribution is 7.15. The van der Waals surface area contributed by atoms with Crippen LogP contribution in [0.25, 0.3) is 0 Å². The van der Waals surface area contributed by atoms with Crippen LogP contribution in [0.5, 0.6) is 0 Å². The van der Waals surface area contributed by atoms with E-state index in [-0.39, 0.29) is 5.41 Å². The van der Waals surface area contributed by atoms with Gasteiger partial charge in [0.25, 0.3) is 0 Å². The molecule has 0 N–H and O–H groups in total. The van der Waals surface area contributed by atoms with Gasteiger partial charge in [-0.15, -0.1) is 10.2 Å². The van der Waals surface area contributed by atoms with E-state index < -0.39 is 0 Å². The predicted molar refractivity (Wildman–Crippen MR) is 55.4 cm³/mol. The molecule has 0 radical (unpaired) electrons. The summed E-state index contributed by atoms with van der Waals surface area (Å²) in [5.41, 5.74) is 0.253. The van der Waals surface area contributed by atoms with Gasteiger partial charge in [-0.3, -0.25) is 0 Å². The molecule has 0 bridgehead atoms. The maximum Gasteiger partial charge on any atom is 0.207 e. The Kier molecular flexibility index (Phi) is 2.56. The van der Waals surface area contributed by atoms with Gasteiger partial charge in [0, 0.05) is 5.41 Å². The third-order valence-corrected chi connectivity index (χ3v) is 4.20. The summed E-state index contributed by atoms with van der Waals surface area (Å²) in [7, 11) is 0. The molecule has 13 heavy (non-hydrogen) atoms. The van der Waals surface area contributed by atoms with Gasteiger partial charge in [-0.1, -0.05) is 37.5 Å². The lowest BCUT2D eigenvalue weighted by Crippen LogP contribution is -2.24. The Morgan fingerprint density at radius 2 is 1.92 bits per heavy atom. The zero-order valence-electron chi connectivity index (χ0n) is 7.72. The molecule has 72 valence electrons. The summed E-state index contributed by atoms with van der Waals surface area (Å²) in [4.78, 5) is 0. The van der Waals surface area contributed by atoms with Crippen LogP contribution >= 0.6 is 22.9 Å². The van der Waals surface area contributed by atoms with Gasteiger partial charge in [0.2, 0.25) is 4.47 Å². The topological polar surface area (TPSA) is 25.8 Å². The van der Waals surface area contributed by atoms with Crippen LogP contribution in [-0.2, 0) is 5.41 Å². The number of nitrogens with zero attached hydrogens (tertiary/aromatic N) is 2. The number of halogens is 1. The first-order chi connectivity index (χ1) is 6.21. The number of rotatable bonds is 1. The smallest absolute Gasteiger partial charge is 0.142 e. The van der Waals surface area contributed by atoms with Crippen LogP contribution in [-0.4, -0.2) is 10.2 Å². The third kappa shape index (κ3) is 1.86. The van der Waals surface area contributed by atoms with Crippen molar-refractivity contribution in [1.29, 1.82) is 0 Å². The number of aromatic nitrogens is 2. The van der Waals surface area contributed by atoms with E-state index >= 15 is 0 Å². The maximum atomic E-state index is 5.79. The van der Waals surface area contributed by atoms with Crippen molar-refractivity contribution in [2.75, 3.05) is 0 Å². The number of hydrogen-bond donors (Lipinski definition) is 0. The van der Waals surface area contributed by atoms with E-state index in [1.54, 1.807) is 0 Å². The van der Waals surface area contributed by atoms with Crippen LogP contribution in [0.2, 0.25) is 4.47 Å². The second-order valence-corrected chi connectivity index (χ2v) is 5.54. The minimum atomic E-state index is 0.253. The zero-order valence-corrected chi connectivity index (χ0v) is 9.29. The highest BCUT2D eigenvalue weighted by Crippen LogP contribution is 2.40. The lowest BCUT2D eigenvalue weighted by Gasteiger charge is -2.30. The second kappa shape index (κ2) is 3.54. The molecule has 0 unspecified atom stereocenters. The van der Waals surface area contributed by atoms with Crippen molar-refractivity contribution in [3.05, 3.63) is 9.47 Å². The van der Waals surface area contributed by atoms with Gasteiger partial charge in [0.1, 0.15) is 5.01 Å². The van der Waals surface area contributed by atoms with Crippen molar-refractivity contribution < 1.29 is 0 Å². The summed E-state index contributed by atoms with van der Waals surface area (Å²) in [5, 5.41) is 9.14. The van der Waals surface area contributed by atoms with Gasteiger partial charge in [-0.05, 0) is 24.4 Å². The van der Waals surface area contributed by atoms with Crippen molar-refractivity contribution in [3.63, 3.8) is 0 Å². The monoisotopic (exact) mass is 216 g/mol. The summed E-state index contributed by atoms with van der Waals surface area (Å²) in [6, 6.07) is 0. The van der Waals surface area contributed by atoms with E-state index in [0.717, 1.165) is 5.01 Å². The van der Waals surface area contributed by atoms with Gasteiger partial charge in [0.05, 0.1) is 0 Å². The maximum absolute atomic E-state index is 5.79. The zero-order chi connectivity index (χ0) is 9.31. The third-order valence-electron chi connectivity index (χ3n) is 2.87. The van der Waals surface area contributed by atoms with Crippen molar-refractivity contribution >= 4 is 22.9 Å². The molecule has 2 rings (SSSR count). The molecule has 2 nitrogen and oxygen atoms in total. The van der Waals surface area contributed by atoms with Crippen LogP contribution < -0.4 is 0 Å². The first kappa shape index (κ1) is 9.41. The van der Waals surface area contributed by atoms with Gasteiger partial charge >= 0.3 is 0 Å². The molecular formula is C9H13ClN2S. The molecular weight excluding hydrogens is 204 g/mol. The van der Waals surface area contributed by atoms with E-state index in [1.165, 1.54) is 43.4 Å². The van der Waals surface area contributed by atoms with Crippen LogP contribution in [0.4, 0.5) is 0 Å². The fraction of sp³-hybridized carbons (Fsp3) is 0.778. The molecule has 1 saturated carbocycles. The van der Waals surface area contributed by atoms with E-state index in [9.17, 15) is 0 Å². The minimum absolute atomic E-state index is 0.253. The molecule has 1 aromatic rings. The molecule has 0 amide bonds. The molecule has 4 heteroatoms. The largest absolute Gasteiger partial charge is 0.207 e. The van der Waals surface area contributed by atoms with E-state index in [4.69, 9.17) is 11.6 Å². The van der Waals surface area contributed by atoms with Crippen LogP contribution in [0, 0.1) is 0 Å². The SMILES string of the molecule is CC1(c2nnc(Cl)s2)CCCCC1. The van der Waals surface area contributed by atoms with Crippen molar-refractivity contribution in [2.24, 2.45) is 0 Å². The molecule has 1 fully saturated rings. The summed E-state index contributed by atoms with van der Waals surface area (Å²) < 4.78 is 0.571. The molecule has 0 aromatic carbocycles. The Labute approximate surface area is 87.3 Å². The molecule has 1 aliphatic carbocycles. The summed E-state index contributed by atoms with van der Waals surface area (Å²) in [6.45, 7) is 2.28. The lowest BCUT2D eigenvalue weighted by atomic mass is 9.76. The molecule has 0 aliphatic heterocycles. The quantitative estimate of drug-likeness (QED) is 0.719. The molecule has 1 aromatic heterocycles. The fourth-order valence-corrected chi connectivity index (χ4v) is 3.03. The molecule has 0 saturated heterocycles. The Morgan fingerprint density at radius 1 is 1.23 bits per heavy atom. The second-order valence-electron chi connectivity index (χ2n) is 3.98. The average Bonchev–Trinajstić information content (AvgIpc) is 2.54. The van der Waals surface area contributed by atoms with Gasteiger partial charge < -0.3 is 0 Å². The highest BCUT2D eigenvalue weighted by atomic mass is 35.5. The van der Waals surface area contributed by atoms with Gasteiger partial charge in [-0.2, -0.15) is 0 Å². The summed E-state index contributed by atoms with van der Waals surface area (Å²) in [5.74, 6) is 0. The van der Waals surface area contributed by atoms with Gasteiger partial charge in [-0.25, -0.2) is 0 Å². The normalized spacial score (nSPS) is 21.7. The fourth-order valence-electron chi connectivity index (χ4n) is 2.00. The van der Waals surface area contributed by atoms with Crippen LogP contribution in [0.3, 0.4) is 0 Å². The van der Waals surface area contributed by atoms with E-state index in [2.05, 4.69) is 17.1 Å². The van der Waals surface area contributed by atoms with Crippen molar-refractivity contribution in [2.45, 2.75) is 44.4 Å². The minimum Gasteiger partial charge on any atom is -0.142 e. The first-order valence-electron chi connectivity index (χ1n) is 4.70. The Morgan fingerprint density at radius 3 is 2.46 bits per heavy atom. The Bertz CT molecular complexity index is 292. The molecule has 1 aliphatic rings. The number of hydrogen-bond acceptors (Lipinski definition) is 3. The summed E-state index contributed by atoms with van der Waals surface area (Å²) in [6.07, 6.45) is 6.46. The van der Waals surface area contributed by atoms with Crippen LogP contribution in [0.15, 0.2) is 0 Å². The molecule has 0 spiro atoms. The first-order valence-corrected chi connectivity index (χ1v) is 5.90. The van der Waals surface area contributed by atoms with Crippen molar-refractivity contribution in [3.8, 4) is 0 Å². The Hall–Kier alpha value is -0.150. The average molecular weight is 217 g/mol. The van der Waals surface area contributed by atoms with E-state index in [1.807, 2.05) is 0 Å².